The lowest BCUT2D eigenvalue weighted by atomic mass is 10.2. The van der Waals surface area contributed by atoms with Gasteiger partial charge in [-0.15, -0.1) is 5.10 Å². The molecule has 1 saturated heterocycles. The van der Waals surface area contributed by atoms with Gasteiger partial charge in [0.1, 0.15) is 5.82 Å². The van der Waals surface area contributed by atoms with Gasteiger partial charge in [0.2, 0.25) is 11.7 Å². The van der Waals surface area contributed by atoms with E-state index in [2.05, 4.69) is 30.6 Å². The Balaban J connectivity index is 1.69. The van der Waals surface area contributed by atoms with Crippen LogP contribution in [0.3, 0.4) is 0 Å². The molecule has 1 amide bonds. The van der Waals surface area contributed by atoms with Gasteiger partial charge in [-0.1, -0.05) is 0 Å². The second-order valence-electron chi connectivity index (χ2n) is 6.81. The van der Waals surface area contributed by atoms with Crippen LogP contribution in [0.5, 0.6) is 5.88 Å². The molecule has 1 atom stereocenters. The quantitative estimate of drug-likeness (QED) is 0.764. The third-order valence-electron chi connectivity index (χ3n) is 4.92. The van der Waals surface area contributed by atoms with E-state index in [9.17, 15) is 4.79 Å². The van der Waals surface area contributed by atoms with Gasteiger partial charge in [0.25, 0.3) is 5.91 Å². The van der Waals surface area contributed by atoms with Crippen LogP contribution in [0, 0.1) is 13.8 Å². The second-order valence-corrected chi connectivity index (χ2v) is 6.81. The minimum absolute atomic E-state index is 0.215. The number of hydrogen-bond donors (Lipinski definition) is 2. The van der Waals surface area contributed by atoms with Crippen LogP contribution in [0.1, 0.15) is 33.9 Å². The molecule has 0 bridgehead atoms. The van der Waals surface area contributed by atoms with Crippen LogP contribution in [0.25, 0.3) is 0 Å². The Morgan fingerprint density at radius 3 is 2.85 bits per heavy atom. The zero-order valence-electron chi connectivity index (χ0n) is 16.5. The van der Waals surface area contributed by atoms with Crippen molar-refractivity contribution in [2.24, 2.45) is 7.05 Å². The molecule has 2 N–H and O–H groups in total. The summed E-state index contributed by atoms with van der Waals surface area (Å²) in [5, 5.41) is 10.4. The summed E-state index contributed by atoms with van der Waals surface area (Å²) in [7, 11) is 5.10. The van der Waals surface area contributed by atoms with Gasteiger partial charge in [-0.3, -0.25) is 9.48 Å². The maximum absolute atomic E-state index is 11.9. The summed E-state index contributed by atoms with van der Waals surface area (Å²) >= 11 is 0. The lowest BCUT2D eigenvalue weighted by Crippen LogP contribution is -2.33. The van der Waals surface area contributed by atoms with Crippen LogP contribution in [0.4, 0.5) is 5.82 Å². The zero-order chi connectivity index (χ0) is 19.6. The standard InChI is InChI=1S/C18H27N7O2/c1-11-12(2)21-15(17(26)19-3)22-16(11)25-7-6-14(10-25)20-8-13-9-24(4)23-18(13)27-5/h9,14,20H,6-8,10H2,1-5H3,(H,19,26)/t14-/m1/s1. The van der Waals surface area contributed by atoms with Crippen molar-refractivity contribution in [3.8, 4) is 5.88 Å². The van der Waals surface area contributed by atoms with Crippen molar-refractivity contribution in [1.82, 2.24) is 30.4 Å². The summed E-state index contributed by atoms with van der Waals surface area (Å²) in [4.78, 5) is 23.0. The number of aryl methyl sites for hydroxylation is 2. The van der Waals surface area contributed by atoms with E-state index in [0.29, 0.717) is 18.5 Å². The monoisotopic (exact) mass is 373 g/mol. The molecule has 146 valence electrons. The highest BCUT2D eigenvalue weighted by atomic mass is 16.5. The number of ether oxygens (including phenoxy) is 1. The lowest BCUT2D eigenvalue weighted by molar-refractivity contribution is 0.0952. The molecule has 0 spiro atoms. The highest BCUT2D eigenvalue weighted by molar-refractivity contribution is 5.90. The molecule has 2 aromatic rings. The summed E-state index contributed by atoms with van der Waals surface area (Å²) in [6.45, 7) is 6.31. The molecule has 27 heavy (non-hydrogen) atoms. The fourth-order valence-corrected chi connectivity index (χ4v) is 3.32. The zero-order valence-corrected chi connectivity index (χ0v) is 16.5. The van der Waals surface area contributed by atoms with Crippen LogP contribution >= 0.6 is 0 Å². The average Bonchev–Trinajstić information content (AvgIpc) is 3.27. The number of hydrogen-bond acceptors (Lipinski definition) is 7. The molecule has 0 aliphatic carbocycles. The van der Waals surface area contributed by atoms with Gasteiger partial charge >= 0.3 is 0 Å². The predicted molar refractivity (Wildman–Crippen MR) is 102 cm³/mol. The van der Waals surface area contributed by atoms with Gasteiger partial charge in [0, 0.05) is 62.8 Å². The minimum Gasteiger partial charge on any atom is -0.480 e. The maximum Gasteiger partial charge on any atom is 0.288 e. The first-order valence-electron chi connectivity index (χ1n) is 9.05. The molecule has 1 aliphatic heterocycles. The van der Waals surface area contributed by atoms with E-state index in [0.717, 1.165) is 42.1 Å². The Morgan fingerprint density at radius 1 is 1.37 bits per heavy atom. The molecule has 9 heteroatoms. The van der Waals surface area contributed by atoms with Crippen LogP contribution < -0.4 is 20.3 Å². The van der Waals surface area contributed by atoms with Crippen molar-refractivity contribution in [2.75, 3.05) is 32.1 Å². The van der Waals surface area contributed by atoms with E-state index < -0.39 is 0 Å². The normalized spacial score (nSPS) is 16.6. The molecule has 0 aromatic carbocycles. The SMILES string of the molecule is CNC(=O)c1nc(C)c(C)c(N2CC[C@@H](NCc3cn(C)nc3OC)C2)n1. The molecule has 3 rings (SSSR count). The molecule has 2 aromatic heterocycles. The largest absolute Gasteiger partial charge is 0.480 e. The summed E-state index contributed by atoms with van der Waals surface area (Å²) in [6.07, 6.45) is 2.96. The number of nitrogens with zero attached hydrogens (tertiary/aromatic N) is 5. The van der Waals surface area contributed by atoms with Gasteiger partial charge < -0.3 is 20.3 Å². The van der Waals surface area contributed by atoms with Crippen molar-refractivity contribution in [3.63, 3.8) is 0 Å². The van der Waals surface area contributed by atoms with Crippen LogP contribution in [0.15, 0.2) is 6.20 Å². The molecule has 1 fully saturated rings. The van der Waals surface area contributed by atoms with Crippen molar-refractivity contribution >= 4 is 11.7 Å². The fraction of sp³-hybridized carbons (Fsp3) is 0.556. The number of aromatic nitrogens is 4. The van der Waals surface area contributed by atoms with E-state index in [4.69, 9.17) is 4.74 Å². The number of carbonyl (C=O) groups is 1. The highest BCUT2D eigenvalue weighted by Gasteiger charge is 2.26. The molecule has 0 unspecified atom stereocenters. The van der Waals surface area contributed by atoms with Gasteiger partial charge in [-0.25, -0.2) is 9.97 Å². The first-order chi connectivity index (χ1) is 12.9. The van der Waals surface area contributed by atoms with E-state index in [1.54, 1.807) is 18.8 Å². The first kappa shape index (κ1) is 19.1. The Morgan fingerprint density at radius 2 is 2.15 bits per heavy atom. The number of methoxy groups -OCH3 is 1. The Hall–Kier alpha value is -2.68. The van der Waals surface area contributed by atoms with Crippen LogP contribution in [-0.4, -0.2) is 58.9 Å². The number of carbonyl (C=O) groups excluding carboxylic acids is 1. The third kappa shape index (κ3) is 4.02. The van der Waals surface area contributed by atoms with Gasteiger partial charge in [0.05, 0.1) is 7.11 Å². The summed E-state index contributed by atoms with van der Waals surface area (Å²) < 4.78 is 7.06. The maximum atomic E-state index is 11.9. The van der Waals surface area contributed by atoms with Crippen molar-refractivity contribution < 1.29 is 9.53 Å². The minimum atomic E-state index is -0.267. The Bertz CT molecular complexity index is 833. The molecular weight excluding hydrogens is 346 g/mol. The summed E-state index contributed by atoms with van der Waals surface area (Å²) in [5.41, 5.74) is 2.88. The predicted octanol–water partition coefficient (Wildman–Crippen LogP) is 0.564. The van der Waals surface area contributed by atoms with Crippen molar-refractivity contribution in [2.45, 2.75) is 32.9 Å². The summed E-state index contributed by atoms with van der Waals surface area (Å²) in [5.74, 6) is 1.44. The van der Waals surface area contributed by atoms with Gasteiger partial charge in [-0.05, 0) is 20.3 Å². The van der Waals surface area contributed by atoms with E-state index in [1.165, 1.54) is 0 Å². The Labute approximate surface area is 159 Å². The average molecular weight is 373 g/mol. The summed E-state index contributed by atoms with van der Waals surface area (Å²) in [6, 6.07) is 0.327. The highest BCUT2D eigenvalue weighted by Crippen LogP contribution is 2.24. The topological polar surface area (TPSA) is 97.2 Å². The van der Waals surface area contributed by atoms with E-state index >= 15 is 0 Å². The van der Waals surface area contributed by atoms with Crippen molar-refractivity contribution in [3.05, 3.63) is 28.8 Å². The number of rotatable bonds is 6. The number of amides is 1. The molecule has 1 aliphatic rings. The van der Waals surface area contributed by atoms with Gasteiger partial charge in [-0.2, -0.15) is 0 Å². The molecule has 0 saturated carbocycles. The van der Waals surface area contributed by atoms with Gasteiger partial charge in [0.15, 0.2) is 0 Å². The fourth-order valence-electron chi connectivity index (χ4n) is 3.32. The number of anilines is 1. The van der Waals surface area contributed by atoms with Crippen LogP contribution in [-0.2, 0) is 13.6 Å². The molecule has 3 heterocycles. The smallest absolute Gasteiger partial charge is 0.288 e. The van der Waals surface area contributed by atoms with E-state index in [1.807, 2.05) is 27.1 Å². The van der Waals surface area contributed by atoms with E-state index in [-0.39, 0.29) is 11.7 Å². The first-order valence-corrected chi connectivity index (χ1v) is 9.05. The van der Waals surface area contributed by atoms with Crippen molar-refractivity contribution in [1.29, 1.82) is 0 Å². The molecule has 0 radical (unpaired) electrons. The molecular formula is C18H27N7O2. The second kappa shape index (κ2) is 7.91. The molecule has 9 nitrogen and oxygen atoms in total. The lowest BCUT2D eigenvalue weighted by Gasteiger charge is -2.21. The number of nitrogens with one attached hydrogen (secondary N) is 2. The Kier molecular flexibility index (Phi) is 5.59. The third-order valence-corrected chi connectivity index (χ3v) is 4.92. The van der Waals surface area contributed by atoms with Crippen LogP contribution in [0.2, 0.25) is 0 Å².